The van der Waals surface area contributed by atoms with Gasteiger partial charge in [-0.2, -0.15) is 5.10 Å². The molecular formula is C14H24N4O2. The summed E-state index contributed by atoms with van der Waals surface area (Å²) in [5, 5.41) is 4.32. The molecule has 1 aliphatic rings. The van der Waals surface area contributed by atoms with Gasteiger partial charge in [0.1, 0.15) is 0 Å². The Hall–Kier alpha value is -1.40. The van der Waals surface area contributed by atoms with Crippen LogP contribution in [-0.4, -0.2) is 52.9 Å². The van der Waals surface area contributed by atoms with Crippen molar-refractivity contribution in [1.82, 2.24) is 14.7 Å². The number of hydrogen-bond donors (Lipinski definition) is 1. The number of ether oxygens (including phenoxy) is 1. The number of piperidine rings is 1. The molecule has 1 aromatic rings. The van der Waals surface area contributed by atoms with Crippen LogP contribution in [0.3, 0.4) is 0 Å². The SMILES string of the molecule is COC1CCN(C(=O)c2c(C)nn(C)c2C)C(CN)C1. The fourth-order valence-corrected chi connectivity index (χ4v) is 2.95. The summed E-state index contributed by atoms with van der Waals surface area (Å²) >= 11 is 0. The Morgan fingerprint density at radius 3 is 2.70 bits per heavy atom. The van der Waals surface area contributed by atoms with Crippen LogP contribution < -0.4 is 5.73 Å². The zero-order valence-corrected chi connectivity index (χ0v) is 12.7. The summed E-state index contributed by atoms with van der Waals surface area (Å²) in [5.41, 5.74) is 8.23. The highest BCUT2D eigenvalue weighted by atomic mass is 16.5. The molecule has 1 saturated heterocycles. The highest BCUT2D eigenvalue weighted by Gasteiger charge is 2.33. The fourth-order valence-electron chi connectivity index (χ4n) is 2.95. The third-order valence-electron chi connectivity index (χ3n) is 4.26. The van der Waals surface area contributed by atoms with E-state index in [4.69, 9.17) is 10.5 Å². The molecule has 0 radical (unpaired) electrons. The number of nitrogens with zero attached hydrogens (tertiary/aromatic N) is 3. The number of carbonyl (C=O) groups excluding carboxylic acids is 1. The molecule has 0 spiro atoms. The molecule has 1 aromatic heterocycles. The van der Waals surface area contributed by atoms with Crippen molar-refractivity contribution < 1.29 is 9.53 Å². The van der Waals surface area contributed by atoms with E-state index in [0.29, 0.717) is 18.7 Å². The van der Waals surface area contributed by atoms with Crippen molar-refractivity contribution in [2.45, 2.75) is 38.8 Å². The normalized spacial score (nSPS) is 23.1. The van der Waals surface area contributed by atoms with Crippen molar-refractivity contribution in [3.63, 3.8) is 0 Å². The molecule has 0 aliphatic carbocycles. The van der Waals surface area contributed by atoms with Crippen LogP contribution in [0.2, 0.25) is 0 Å². The lowest BCUT2D eigenvalue weighted by molar-refractivity contribution is 0.0138. The standard InChI is InChI=1S/C14H24N4O2/c1-9-13(10(2)17(3)16-9)14(19)18-6-5-12(20-4)7-11(18)8-15/h11-12H,5-8,15H2,1-4H3. The number of methoxy groups -OCH3 is 1. The third-order valence-corrected chi connectivity index (χ3v) is 4.26. The van der Waals surface area contributed by atoms with Gasteiger partial charge < -0.3 is 15.4 Å². The molecule has 2 unspecified atom stereocenters. The molecule has 1 fully saturated rings. The van der Waals surface area contributed by atoms with Crippen LogP contribution in [0.15, 0.2) is 0 Å². The molecule has 0 aromatic carbocycles. The lowest BCUT2D eigenvalue weighted by atomic mass is 9.98. The van der Waals surface area contributed by atoms with Crippen LogP contribution >= 0.6 is 0 Å². The second-order valence-corrected chi connectivity index (χ2v) is 5.44. The van der Waals surface area contributed by atoms with Crippen LogP contribution in [0.25, 0.3) is 0 Å². The average molecular weight is 280 g/mol. The minimum absolute atomic E-state index is 0.0399. The maximum Gasteiger partial charge on any atom is 0.257 e. The van der Waals surface area contributed by atoms with E-state index in [0.717, 1.165) is 24.2 Å². The first-order valence-corrected chi connectivity index (χ1v) is 7.03. The minimum atomic E-state index is 0.0399. The monoisotopic (exact) mass is 280 g/mol. The van der Waals surface area contributed by atoms with Gasteiger partial charge in [-0.1, -0.05) is 0 Å². The van der Waals surface area contributed by atoms with E-state index in [1.165, 1.54) is 0 Å². The summed E-state index contributed by atoms with van der Waals surface area (Å²) in [5.74, 6) is 0.0399. The smallest absolute Gasteiger partial charge is 0.257 e. The summed E-state index contributed by atoms with van der Waals surface area (Å²) < 4.78 is 7.15. The number of nitrogens with two attached hydrogens (primary N) is 1. The molecule has 2 atom stereocenters. The van der Waals surface area contributed by atoms with E-state index in [2.05, 4.69) is 5.10 Å². The Morgan fingerprint density at radius 1 is 1.50 bits per heavy atom. The van der Waals surface area contributed by atoms with Gasteiger partial charge in [-0.05, 0) is 26.7 Å². The lowest BCUT2D eigenvalue weighted by Gasteiger charge is -2.38. The van der Waals surface area contributed by atoms with E-state index in [1.807, 2.05) is 25.8 Å². The molecule has 6 heteroatoms. The topological polar surface area (TPSA) is 73.4 Å². The Morgan fingerprint density at radius 2 is 2.20 bits per heavy atom. The minimum Gasteiger partial charge on any atom is -0.381 e. The van der Waals surface area contributed by atoms with Gasteiger partial charge in [-0.15, -0.1) is 0 Å². The predicted octanol–water partition coefficient (Wildman–Crippen LogP) is 0.615. The van der Waals surface area contributed by atoms with Crippen LogP contribution in [0.1, 0.15) is 34.6 Å². The molecule has 2 heterocycles. The van der Waals surface area contributed by atoms with E-state index in [1.54, 1.807) is 11.8 Å². The lowest BCUT2D eigenvalue weighted by Crippen LogP contribution is -2.51. The van der Waals surface area contributed by atoms with E-state index >= 15 is 0 Å². The summed E-state index contributed by atoms with van der Waals surface area (Å²) in [6, 6.07) is 0.0419. The number of rotatable bonds is 3. The van der Waals surface area contributed by atoms with Crippen molar-refractivity contribution in [2.24, 2.45) is 12.8 Å². The first-order chi connectivity index (χ1) is 9.49. The van der Waals surface area contributed by atoms with E-state index in [-0.39, 0.29) is 18.1 Å². The molecule has 6 nitrogen and oxygen atoms in total. The maximum atomic E-state index is 12.8. The molecule has 1 amide bonds. The van der Waals surface area contributed by atoms with Crippen molar-refractivity contribution in [1.29, 1.82) is 0 Å². The van der Waals surface area contributed by atoms with Crippen LogP contribution in [0.4, 0.5) is 0 Å². The Bertz CT molecular complexity index is 498. The van der Waals surface area contributed by atoms with Crippen molar-refractivity contribution in [3.05, 3.63) is 17.0 Å². The number of hydrogen-bond acceptors (Lipinski definition) is 4. The summed E-state index contributed by atoms with van der Waals surface area (Å²) in [7, 11) is 3.57. The second kappa shape index (κ2) is 5.93. The van der Waals surface area contributed by atoms with Gasteiger partial charge >= 0.3 is 0 Å². The fraction of sp³-hybridized carbons (Fsp3) is 0.714. The second-order valence-electron chi connectivity index (χ2n) is 5.44. The van der Waals surface area contributed by atoms with Gasteiger partial charge in [0.25, 0.3) is 5.91 Å². The van der Waals surface area contributed by atoms with Gasteiger partial charge in [0.05, 0.1) is 17.4 Å². The van der Waals surface area contributed by atoms with E-state index in [9.17, 15) is 4.79 Å². The molecule has 112 valence electrons. The summed E-state index contributed by atoms with van der Waals surface area (Å²) in [6.07, 6.45) is 1.86. The van der Waals surface area contributed by atoms with Gasteiger partial charge in [0, 0.05) is 39.0 Å². The van der Waals surface area contributed by atoms with Gasteiger partial charge in [-0.3, -0.25) is 9.48 Å². The zero-order chi connectivity index (χ0) is 14.9. The zero-order valence-electron chi connectivity index (χ0n) is 12.7. The number of aromatic nitrogens is 2. The van der Waals surface area contributed by atoms with Crippen LogP contribution in [-0.2, 0) is 11.8 Å². The number of carbonyl (C=O) groups is 1. The largest absolute Gasteiger partial charge is 0.381 e. The molecule has 1 aliphatic heterocycles. The van der Waals surface area contributed by atoms with Gasteiger partial charge in [0.15, 0.2) is 0 Å². The van der Waals surface area contributed by atoms with Gasteiger partial charge in [0.2, 0.25) is 0 Å². The Labute approximate surface area is 119 Å². The molecule has 20 heavy (non-hydrogen) atoms. The molecule has 2 N–H and O–H groups in total. The van der Waals surface area contributed by atoms with Gasteiger partial charge in [-0.25, -0.2) is 0 Å². The predicted molar refractivity (Wildman–Crippen MR) is 76.6 cm³/mol. The quantitative estimate of drug-likeness (QED) is 0.880. The number of likely N-dealkylation sites (tertiary alicyclic amines) is 1. The Balaban J connectivity index is 2.24. The molecule has 2 rings (SSSR count). The first kappa shape index (κ1) is 15.0. The van der Waals surface area contributed by atoms with Crippen molar-refractivity contribution in [2.75, 3.05) is 20.2 Å². The van der Waals surface area contributed by atoms with Crippen LogP contribution in [0, 0.1) is 13.8 Å². The average Bonchev–Trinajstić information content (AvgIpc) is 2.70. The Kier molecular flexibility index (Phi) is 4.45. The summed E-state index contributed by atoms with van der Waals surface area (Å²) in [6.45, 7) is 4.95. The highest BCUT2D eigenvalue weighted by molar-refractivity contribution is 5.96. The number of amides is 1. The third kappa shape index (κ3) is 2.58. The van der Waals surface area contributed by atoms with Crippen molar-refractivity contribution in [3.8, 4) is 0 Å². The van der Waals surface area contributed by atoms with Crippen LogP contribution in [0.5, 0.6) is 0 Å². The molecule has 0 saturated carbocycles. The molecule has 0 bridgehead atoms. The molecular weight excluding hydrogens is 256 g/mol. The number of aryl methyl sites for hydroxylation is 2. The summed E-state index contributed by atoms with van der Waals surface area (Å²) in [4.78, 5) is 14.7. The maximum absolute atomic E-state index is 12.8. The van der Waals surface area contributed by atoms with E-state index < -0.39 is 0 Å². The highest BCUT2D eigenvalue weighted by Crippen LogP contribution is 2.23. The van der Waals surface area contributed by atoms with Crippen molar-refractivity contribution >= 4 is 5.91 Å². The first-order valence-electron chi connectivity index (χ1n) is 7.03.